The molecule has 2 aliphatic rings. The van der Waals surface area contributed by atoms with E-state index in [1.807, 2.05) is 28.3 Å². The molecule has 1 aliphatic heterocycles. The molecule has 0 atom stereocenters. The number of carbonyl (C=O) groups excluding carboxylic acids is 2. The molecule has 1 saturated carbocycles. The van der Waals surface area contributed by atoms with Gasteiger partial charge in [-0.25, -0.2) is 0 Å². The number of rotatable bonds is 8. The van der Waals surface area contributed by atoms with Gasteiger partial charge in [0.1, 0.15) is 0 Å². The first-order chi connectivity index (χ1) is 14.5. The predicted molar refractivity (Wildman–Crippen MR) is 115 cm³/mol. The molecular formula is C23H35N5O2. The van der Waals surface area contributed by atoms with Crippen molar-refractivity contribution < 1.29 is 9.59 Å². The maximum Gasteiger partial charge on any atom is 0.223 e. The average molecular weight is 414 g/mol. The molecule has 7 heteroatoms. The van der Waals surface area contributed by atoms with Gasteiger partial charge in [0.2, 0.25) is 11.8 Å². The SMILES string of the molecule is Cc1nn(CCC#N)c(C)c1CCC(=O)N1CCN(C(=O)CCC2CCCC2)CC1. The molecule has 1 aromatic heterocycles. The Bertz CT molecular complexity index is 780. The third-order valence-corrected chi connectivity index (χ3v) is 6.78. The first-order valence-electron chi connectivity index (χ1n) is 11.4. The van der Waals surface area contributed by atoms with Crippen molar-refractivity contribution in [2.75, 3.05) is 26.2 Å². The number of nitrogens with zero attached hydrogens (tertiary/aromatic N) is 5. The molecule has 7 nitrogen and oxygen atoms in total. The van der Waals surface area contributed by atoms with Gasteiger partial charge in [0.05, 0.1) is 24.7 Å². The van der Waals surface area contributed by atoms with Crippen LogP contribution in [-0.4, -0.2) is 57.6 Å². The van der Waals surface area contributed by atoms with Crippen molar-refractivity contribution in [2.45, 2.75) is 78.2 Å². The fourth-order valence-electron chi connectivity index (χ4n) is 4.85. The van der Waals surface area contributed by atoms with E-state index in [0.717, 1.165) is 29.3 Å². The van der Waals surface area contributed by atoms with Crippen molar-refractivity contribution in [1.29, 1.82) is 5.26 Å². The van der Waals surface area contributed by atoms with E-state index in [0.29, 0.717) is 58.4 Å². The van der Waals surface area contributed by atoms with Gasteiger partial charge in [-0.1, -0.05) is 25.7 Å². The summed E-state index contributed by atoms with van der Waals surface area (Å²) in [7, 11) is 0. The average Bonchev–Trinajstić information content (AvgIpc) is 3.37. The smallest absolute Gasteiger partial charge is 0.223 e. The van der Waals surface area contributed by atoms with Gasteiger partial charge in [-0.05, 0) is 38.2 Å². The molecule has 2 heterocycles. The number of aromatic nitrogens is 2. The summed E-state index contributed by atoms with van der Waals surface area (Å²) >= 11 is 0. The molecule has 1 saturated heterocycles. The lowest BCUT2D eigenvalue weighted by molar-refractivity contribution is -0.139. The van der Waals surface area contributed by atoms with E-state index in [1.165, 1.54) is 25.7 Å². The normalized spacial score (nSPS) is 17.4. The minimum absolute atomic E-state index is 0.150. The molecule has 0 radical (unpaired) electrons. The van der Waals surface area contributed by atoms with Crippen LogP contribution in [0.25, 0.3) is 0 Å². The quantitative estimate of drug-likeness (QED) is 0.656. The van der Waals surface area contributed by atoms with Crippen molar-refractivity contribution in [3.05, 3.63) is 17.0 Å². The van der Waals surface area contributed by atoms with E-state index in [1.54, 1.807) is 0 Å². The number of nitriles is 1. The highest BCUT2D eigenvalue weighted by Gasteiger charge is 2.25. The van der Waals surface area contributed by atoms with E-state index in [4.69, 9.17) is 5.26 Å². The fraction of sp³-hybridized carbons (Fsp3) is 0.739. The van der Waals surface area contributed by atoms with Crippen LogP contribution in [0.3, 0.4) is 0 Å². The number of hydrogen-bond acceptors (Lipinski definition) is 4. The molecule has 3 rings (SSSR count). The lowest BCUT2D eigenvalue weighted by Crippen LogP contribution is -2.50. The first kappa shape index (κ1) is 22.3. The Hall–Kier alpha value is -2.36. The topological polar surface area (TPSA) is 82.2 Å². The monoisotopic (exact) mass is 413 g/mol. The van der Waals surface area contributed by atoms with E-state index < -0.39 is 0 Å². The Balaban J connectivity index is 1.41. The molecule has 1 aromatic rings. The maximum absolute atomic E-state index is 12.7. The highest BCUT2D eigenvalue weighted by molar-refractivity contribution is 5.78. The van der Waals surface area contributed by atoms with Gasteiger partial charge in [-0.15, -0.1) is 0 Å². The molecule has 2 fully saturated rings. The summed E-state index contributed by atoms with van der Waals surface area (Å²) in [6.45, 7) is 7.13. The Morgan fingerprint density at radius 2 is 1.63 bits per heavy atom. The molecule has 0 bridgehead atoms. The summed E-state index contributed by atoms with van der Waals surface area (Å²) in [5.74, 6) is 1.15. The summed E-state index contributed by atoms with van der Waals surface area (Å²) in [4.78, 5) is 29.0. The minimum Gasteiger partial charge on any atom is -0.339 e. The molecule has 0 N–H and O–H groups in total. The van der Waals surface area contributed by atoms with Crippen molar-refractivity contribution >= 4 is 11.8 Å². The van der Waals surface area contributed by atoms with E-state index in [-0.39, 0.29) is 11.8 Å². The van der Waals surface area contributed by atoms with Crippen molar-refractivity contribution in [2.24, 2.45) is 5.92 Å². The van der Waals surface area contributed by atoms with Gasteiger partial charge in [-0.3, -0.25) is 14.3 Å². The van der Waals surface area contributed by atoms with Crippen molar-refractivity contribution in [3.8, 4) is 6.07 Å². The van der Waals surface area contributed by atoms with Gasteiger partial charge in [0.25, 0.3) is 0 Å². The Morgan fingerprint density at radius 3 is 2.23 bits per heavy atom. The second kappa shape index (κ2) is 10.6. The highest BCUT2D eigenvalue weighted by Crippen LogP contribution is 2.28. The molecule has 164 valence electrons. The summed E-state index contributed by atoms with van der Waals surface area (Å²) in [6, 6.07) is 2.15. The van der Waals surface area contributed by atoms with Crippen LogP contribution < -0.4 is 0 Å². The predicted octanol–water partition coefficient (Wildman–Crippen LogP) is 2.99. The molecule has 30 heavy (non-hydrogen) atoms. The summed E-state index contributed by atoms with van der Waals surface area (Å²) < 4.78 is 1.87. The zero-order valence-corrected chi connectivity index (χ0v) is 18.5. The largest absolute Gasteiger partial charge is 0.339 e. The van der Waals surface area contributed by atoms with Gasteiger partial charge in [0.15, 0.2) is 0 Å². The van der Waals surface area contributed by atoms with Crippen LogP contribution in [0.2, 0.25) is 0 Å². The Labute approximate surface area is 180 Å². The van der Waals surface area contributed by atoms with Crippen LogP contribution in [0, 0.1) is 31.1 Å². The number of aryl methyl sites for hydroxylation is 2. The number of hydrogen-bond donors (Lipinski definition) is 0. The minimum atomic E-state index is 0.150. The van der Waals surface area contributed by atoms with Gasteiger partial charge in [-0.2, -0.15) is 10.4 Å². The van der Waals surface area contributed by atoms with Crippen LogP contribution >= 0.6 is 0 Å². The molecule has 0 unspecified atom stereocenters. The molecule has 1 aliphatic carbocycles. The van der Waals surface area contributed by atoms with E-state index in [2.05, 4.69) is 11.2 Å². The number of piperazine rings is 1. The zero-order chi connectivity index (χ0) is 21.5. The third-order valence-electron chi connectivity index (χ3n) is 6.78. The molecule has 2 amide bonds. The first-order valence-corrected chi connectivity index (χ1v) is 11.4. The van der Waals surface area contributed by atoms with Crippen LogP contribution in [0.15, 0.2) is 0 Å². The summed E-state index contributed by atoms with van der Waals surface area (Å²) in [5, 5.41) is 13.3. The standard InChI is InChI=1S/C23H35N5O2/c1-18-21(19(2)28(25-18)13-5-12-24)9-11-23(30)27-16-14-26(15-17-27)22(29)10-8-20-6-3-4-7-20/h20H,3-11,13-17H2,1-2H3. The van der Waals surface area contributed by atoms with Crippen LogP contribution in [0.1, 0.15) is 68.3 Å². The zero-order valence-electron chi connectivity index (χ0n) is 18.5. The summed E-state index contributed by atoms with van der Waals surface area (Å²) in [6.07, 6.45) is 8.46. The fourth-order valence-corrected chi connectivity index (χ4v) is 4.85. The number of amides is 2. The van der Waals surface area contributed by atoms with Gasteiger partial charge < -0.3 is 9.80 Å². The second-order valence-corrected chi connectivity index (χ2v) is 8.73. The van der Waals surface area contributed by atoms with Crippen LogP contribution in [0.4, 0.5) is 0 Å². The van der Waals surface area contributed by atoms with Crippen molar-refractivity contribution in [3.63, 3.8) is 0 Å². The van der Waals surface area contributed by atoms with Crippen LogP contribution in [-0.2, 0) is 22.6 Å². The lowest BCUT2D eigenvalue weighted by atomic mass is 10.0. The summed E-state index contributed by atoms with van der Waals surface area (Å²) in [5.41, 5.74) is 3.10. The third kappa shape index (κ3) is 5.62. The van der Waals surface area contributed by atoms with E-state index in [9.17, 15) is 9.59 Å². The van der Waals surface area contributed by atoms with Gasteiger partial charge >= 0.3 is 0 Å². The lowest BCUT2D eigenvalue weighted by Gasteiger charge is -2.35. The Morgan fingerprint density at radius 1 is 1.03 bits per heavy atom. The second-order valence-electron chi connectivity index (χ2n) is 8.73. The maximum atomic E-state index is 12.7. The van der Waals surface area contributed by atoms with Gasteiger partial charge in [0, 0.05) is 44.7 Å². The highest BCUT2D eigenvalue weighted by atomic mass is 16.2. The Kier molecular flexibility index (Phi) is 7.89. The van der Waals surface area contributed by atoms with Crippen molar-refractivity contribution in [1.82, 2.24) is 19.6 Å². The van der Waals surface area contributed by atoms with E-state index >= 15 is 0 Å². The molecular weight excluding hydrogens is 378 g/mol. The number of carbonyl (C=O) groups is 2. The molecule has 0 spiro atoms. The van der Waals surface area contributed by atoms with Crippen LogP contribution in [0.5, 0.6) is 0 Å². The molecule has 0 aromatic carbocycles.